The van der Waals surface area contributed by atoms with Crippen LogP contribution in [0, 0.1) is 13.8 Å². The quantitative estimate of drug-likeness (QED) is 0.629. The largest absolute Gasteiger partial charge is 0.491 e. The number of hydrogen-bond donors (Lipinski definition) is 4. The van der Waals surface area contributed by atoms with Crippen LogP contribution in [0.3, 0.4) is 0 Å². The third kappa shape index (κ3) is 4.42. The van der Waals surface area contributed by atoms with E-state index in [0.29, 0.717) is 10.8 Å². The predicted octanol–water partition coefficient (Wildman–Crippen LogP) is 1.11. The van der Waals surface area contributed by atoms with Gasteiger partial charge in [-0.2, -0.15) is 0 Å². The lowest BCUT2D eigenvalue weighted by Gasteiger charge is -2.18. The van der Waals surface area contributed by atoms with E-state index in [2.05, 4.69) is 10.3 Å². The zero-order valence-electron chi connectivity index (χ0n) is 14.0. The van der Waals surface area contributed by atoms with Crippen molar-refractivity contribution >= 4 is 23.2 Å². The van der Waals surface area contributed by atoms with Crippen LogP contribution in [0.1, 0.15) is 28.5 Å². The van der Waals surface area contributed by atoms with Gasteiger partial charge in [0.1, 0.15) is 23.7 Å². The molecular weight excluding hydrogens is 348 g/mol. The summed E-state index contributed by atoms with van der Waals surface area (Å²) in [6.45, 7) is 5.65. The molecule has 0 aliphatic rings. The van der Waals surface area contributed by atoms with Gasteiger partial charge in [0.05, 0.1) is 6.04 Å². The number of aryl methyl sites for hydroxylation is 2. The summed E-state index contributed by atoms with van der Waals surface area (Å²) in [7, 11) is 0. The summed E-state index contributed by atoms with van der Waals surface area (Å²) in [5.41, 5.74) is 5.04. The number of hydrogen-bond acceptors (Lipinski definition) is 5. The molecule has 1 unspecified atom stereocenters. The fourth-order valence-corrected chi connectivity index (χ4v) is 2.67. The SMILES string of the molecule is Cc1cc(Cl)cc(C)c1OCC(C)NC(=O)c1[nH]c(=O)[nH]c(=O)c1N. The van der Waals surface area contributed by atoms with Crippen LogP contribution in [-0.4, -0.2) is 28.5 Å². The van der Waals surface area contributed by atoms with Crippen molar-refractivity contribution in [2.45, 2.75) is 26.8 Å². The number of nitrogens with two attached hydrogens (primary N) is 1. The van der Waals surface area contributed by atoms with Gasteiger partial charge >= 0.3 is 5.69 Å². The molecule has 1 aromatic carbocycles. The Balaban J connectivity index is 2.06. The lowest BCUT2D eigenvalue weighted by atomic mass is 10.1. The second-order valence-corrected chi connectivity index (χ2v) is 6.19. The molecule has 0 spiro atoms. The maximum Gasteiger partial charge on any atom is 0.326 e. The Kier molecular flexibility index (Phi) is 5.53. The van der Waals surface area contributed by atoms with E-state index < -0.39 is 23.2 Å². The molecule has 1 heterocycles. The average Bonchev–Trinajstić information content (AvgIpc) is 2.49. The highest BCUT2D eigenvalue weighted by Crippen LogP contribution is 2.27. The molecular formula is C16H19ClN4O4. The minimum atomic E-state index is -0.815. The standard InChI is InChI=1S/C16H19ClN4O4/c1-7-4-10(17)5-8(2)13(7)25-6-9(3)19-15(23)12-11(18)14(22)21-16(24)20-12/h4-5,9H,6,18H2,1-3H3,(H,19,23)(H2,20,21,22,24). The summed E-state index contributed by atoms with van der Waals surface area (Å²) in [4.78, 5) is 39.1. The van der Waals surface area contributed by atoms with Crippen molar-refractivity contribution in [3.8, 4) is 5.75 Å². The number of carbonyl (C=O) groups excluding carboxylic acids is 1. The zero-order chi connectivity index (χ0) is 18.7. The summed E-state index contributed by atoms with van der Waals surface area (Å²) >= 11 is 5.98. The summed E-state index contributed by atoms with van der Waals surface area (Å²) in [5.74, 6) is 0.0240. The van der Waals surface area contributed by atoms with E-state index in [1.165, 1.54) is 0 Å². The van der Waals surface area contributed by atoms with Crippen molar-refractivity contribution < 1.29 is 9.53 Å². The second-order valence-electron chi connectivity index (χ2n) is 5.75. The third-order valence-corrected chi connectivity index (χ3v) is 3.71. The van der Waals surface area contributed by atoms with Crippen molar-refractivity contribution in [1.29, 1.82) is 0 Å². The first-order valence-electron chi connectivity index (χ1n) is 7.51. The number of aromatic nitrogens is 2. The monoisotopic (exact) mass is 366 g/mol. The molecule has 1 amide bonds. The number of H-pyrrole nitrogens is 2. The zero-order valence-corrected chi connectivity index (χ0v) is 14.8. The molecule has 5 N–H and O–H groups in total. The molecule has 1 atom stereocenters. The molecule has 2 rings (SSSR count). The van der Waals surface area contributed by atoms with Gasteiger partial charge in [-0.25, -0.2) is 4.79 Å². The van der Waals surface area contributed by atoms with Crippen LogP contribution in [-0.2, 0) is 0 Å². The fraction of sp³-hybridized carbons (Fsp3) is 0.312. The number of carbonyl (C=O) groups is 1. The van der Waals surface area contributed by atoms with Crippen molar-refractivity contribution in [1.82, 2.24) is 15.3 Å². The molecule has 0 fully saturated rings. The molecule has 0 bridgehead atoms. The molecule has 1 aromatic heterocycles. The third-order valence-electron chi connectivity index (χ3n) is 3.49. The Bertz CT molecular complexity index is 896. The molecule has 25 heavy (non-hydrogen) atoms. The van der Waals surface area contributed by atoms with Crippen LogP contribution < -0.4 is 27.0 Å². The number of ether oxygens (including phenoxy) is 1. The van der Waals surface area contributed by atoms with E-state index in [1.807, 2.05) is 18.8 Å². The molecule has 0 aliphatic heterocycles. The number of nitrogens with one attached hydrogen (secondary N) is 3. The van der Waals surface area contributed by atoms with Gasteiger partial charge in [0, 0.05) is 5.02 Å². The minimum Gasteiger partial charge on any atom is -0.491 e. The van der Waals surface area contributed by atoms with Crippen LogP contribution in [0.25, 0.3) is 0 Å². The Morgan fingerprint density at radius 1 is 1.28 bits per heavy atom. The summed E-state index contributed by atoms with van der Waals surface area (Å²) in [5, 5.41) is 3.24. The molecule has 134 valence electrons. The first kappa shape index (κ1) is 18.6. The maximum absolute atomic E-state index is 12.2. The van der Waals surface area contributed by atoms with Gasteiger partial charge in [0.25, 0.3) is 11.5 Å². The summed E-state index contributed by atoms with van der Waals surface area (Å²) < 4.78 is 5.75. The van der Waals surface area contributed by atoms with Crippen LogP contribution in [0.5, 0.6) is 5.75 Å². The Hall–Kier alpha value is -2.74. The number of nitrogen functional groups attached to an aromatic ring is 1. The van der Waals surface area contributed by atoms with Gasteiger partial charge in [-0.3, -0.25) is 14.6 Å². The second kappa shape index (κ2) is 7.43. The lowest BCUT2D eigenvalue weighted by Crippen LogP contribution is -2.40. The van der Waals surface area contributed by atoms with Crippen molar-refractivity contribution in [2.24, 2.45) is 0 Å². The van der Waals surface area contributed by atoms with E-state index >= 15 is 0 Å². The van der Waals surface area contributed by atoms with E-state index in [-0.39, 0.29) is 18.0 Å². The van der Waals surface area contributed by atoms with E-state index in [0.717, 1.165) is 11.1 Å². The predicted molar refractivity (Wildman–Crippen MR) is 95.4 cm³/mol. The molecule has 0 saturated heterocycles. The van der Waals surface area contributed by atoms with Crippen LogP contribution in [0.2, 0.25) is 5.02 Å². The van der Waals surface area contributed by atoms with Gasteiger partial charge in [-0.15, -0.1) is 0 Å². The van der Waals surface area contributed by atoms with Crippen LogP contribution >= 0.6 is 11.6 Å². The molecule has 0 aliphatic carbocycles. The normalized spacial score (nSPS) is 11.8. The number of rotatable bonds is 5. The van der Waals surface area contributed by atoms with Gasteiger partial charge in [0.2, 0.25) is 0 Å². The van der Waals surface area contributed by atoms with E-state index in [9.17, 15) is 14.4 Å². The highest BCUT2D eigenvalue weighted by molar-refractivity contribution is 6.30. The number of benzene rings is 1. The van der Waals surface area contributed by atoms with Crippen LogP contribution in [0.15, 0.2) is 21.7 Å². The highest BCUT2D eigenvalue weighted by atomic mass is 35.5. The molecule has 9 heteroatoms. The van der Waals surface area contributed by atoms with Crippen molar-refractivity contribution in [3.05, 3.63) is 54.8 Å². The molecule has 8 nitrogen and oxygen atoms in total. The first-order valence-corrected chi connectivity index (χ1v) is 7.89. The Morgan fingerprint density at radius 3 is 2.48 bits per heavy atom. The van der Waals surface area contributed by atoms with Crippen molar-refractivity contribution in [3.63, 3.8) is 0 Å². The Labute approximate surface area is 148 Å². The number of amides is 1. The van der Waals surface area contributed by atoms with Gasteiger partial charge in [0.15, 0.2) is 0 Å². The maximum atomic E-state index is 12.2. The van der Waals surface area contributed by atoms with E-state index in [4.69, 9.17) is 22.1 Å². The van der Waals surface area contributed by atoms with Crippen molar-refractivity contribution in [2.75, 3.05) is 12.3 Å². The van der Waals surface area contributed by atoms with Gasteiger partial charge < -0.3 is 20.8 Å². The fourth-order valence-electron chi connectivity index (χ4n) is 2.35. The van der Waals surface area contributed by atoms with Gasteiger partial charge in [-0.05, 0) is 44.0 Å². The average molecular weight is 367 g/mol. The van der Waals surface area contributed by atoms with E-state index in [1.54, 1.807) is 19.1 Å². The number of anilines is 1. The van der Waals surface area contributed by atoms with Crippen LogP contribution in [0.4, 0.5) is 5.69 Å². The summed E-state index contributed by atoms with van der Waals surface area (Å²) in [6.07, 6.45) is 0. The topological polar surface area (TPSA) is 130 Å². The lowest BCUT2D eigenvalue weighted by molar-refractivity contribution is 0.0922. The van der Waals surface area contributed by atoms with Gasteiger partial charge in [-0.1, -0.05) is 11.6 Å². The molecule has 0 radical (unpaired) electrons. The number of halogens is 1. The highest BCUT2D eigenvalue weighted by Gasteiger charge is 2.17. The first-order chi connectivity index (χ1) is 11.7. The smallest absolute Gasteiger partial charge is 0.326 e. The molecule has 2 aromatic rings. The molecule has 0 saturated carbocycles. The number of aromatic amines is 2. The minimum absolute atomic E-state index is 0.183. The summed E-state index contributed by atoms with van der Waals surface area (Å²) in [6, 6.07) is 3.17. The Morgan fingerprint density at radius 2 is 1.88 bits per heavy atom.